The first-order valence-corrected chi connectivity index (χ1v) is 8.50. The predicted octanol–water partition coefficient (Wildman–Crippen LogP) is 2.27. The van der Waals surface area contributed by atoms with E-state index in [0.29, 0.717) is 17.8 Å². The van der Waals surface area contributed by atoms with Gasteiger partial charge in [-0.15, -0.1) is 0 Å². The summed E-state index contributed by atoms with van der Waals surface area (Å²) in [5, 5.41) is 5.41. The monoisotopic (exact) mass is 351 g/mol. The van der Waals surface area contributed by atoms with Crippen LogP contribution < -0.4 is 15.5 Å². The number of rotatable bonds is 4. The van der Waals surface area contributed by atoms with Crippen LogP contribution in [-0.4, -0.2) is 30.8 Å². The van der Waals surface area contributed by atoms with Gasteiger partial charge in [0.15, 0.2) is 0 Å². The van der Waals surface area contributed by atoms with Gasteiger partial charge in [-0.25, -0.2) is 0 Å². The number of nitrogens with zero attached hydrogens (tertiary/aromatic N) is 1. The van der Waals surface area contributed by atoms with Gasteiger partial charge in [0.05, 0.1) is 6.54 Å². The topological polar surface area (TPSA) is 78.5 Å². The van der Waals surface area contributed by atoms with E-state index in [1.807, 2.05) is 31.2 Å². The molecule has 0 unspecified atom stereocenters. The van der Waals surface area contributed by atoms with Crippen LogP contribution in [0.15, 0.2) is 42.5 Å². The number of anilines is 2. The first-order chi connectivity index (χ1) is 12.5. The van der Waals surface area contributed by atoms with Crippen LogP contribution in [0.5, 0.6) is 0 Å². The van der Waals surface area contributed by atoms with Crippen LogP contribution in [0.3, 0.4) is 0 Å². The molecule has 6 heteroatoms. The van der Waals surface area contributed by atoms with E-state index >= 15 is 0 Å². The first-order valence-electron chi connectivity index (χ1n) is 8.50. The average Bonchev–Trinajstić information content (AvgIpc) is 3.03. The van der Waals surface area contributed by atoms with Crippen molar-refractivity contribution in [2.75, 3.05) is 23.3 Å². The van der Waals surface area contributed by atoms with Gasteiger partial charge in [-0.3, -0.25) is 14.4 Å². The van der Waals surface area contributed by atoms with Gasteiger partial charge in [0, 0.05) is 30.4 Å². The van der Waals surface area contributed by atoms with Crippen LogP contribution in [0.1, 0.15) is 28.4 Å². The van der Waals surface area contributed by atoms with Crippen molar-refractivity contribution in [2.24, 2.45) is 0 Å². The molecule has 134 valence electrons. The van der Waals surface area contributed by atoms with Crippen LogP contribution in [0, 0.1) is 6.92 Å². The second kappa shape index (κ2) is 7.39. The second-order valence-corrected chi connectivity index (χ2v) is 6.31. The molecule has 1 heterocycles. The molecule has 0 radical (unpaired) electrons. The third-order valence-electron chi connectivity index (χ3n) is 4.44. The van der Waals surface area contributed by atoms with Gasteiger partial charge in [0.1, 0.15) is 0 Å². The molecule has 0 spiro atoms. The number of amides is 3. The van der Waals surface area contributed by atoms with Crippen LogP contribution in [0.25, 0.3) is 0 Å². The fourth-order valence-corrected chi connectivity index (χ4v) is 3.10. The summed E-state index contributed by atoms with van der Waals surface area (Å²) in [4.78, 5) is 37.6. The standard InChI is InChI=1S/C20H21N3O3/c1-13-5-3-4-6-17(13)20(26)21-12-19(25)22-16-7-8-18-15(11-16)9-10-23(18)14(2)24/h3-8,11H,9-10,12H2,1-2H3,(H,21,26)(H,22,25). The zero-order chi connectivity index (χ0) is 18.7. The third-order valence-corrected chi connectivity index (χ3v) is 4.44. The van der Waals surface area contributed by atoms with E-state index in [9.17, 15) is 14.4 Å². The van der Waals surface area contributed by atoms with Gasteiger partial charge in [-0.1, -0.05) is 18.2 Å². The number of carbonyl (C=O) groups excluding carboxylic acids is 3. The summed E-state index contributed by atoms with van der Waals surface area (Å²) in [7, 11) is 0. The van der Waals surface area contributed by atoms with Gasteiger partial charge in [-0.2, -0.15) is 0 Å². The number of aryl methyl sites for hydroxylation is 1. The van der Waals surface area contributed by atoms with Crippen LogP contribution >= 0.6 is 0 Å². The van der Waals surface area contributed by atoms with E-state index in [0.717, 1.165) is 23.2 Å². The molecule has 0 aliphatic carbocycles. The number of carbonyl (C=O) groups is 3. The Balaban J connectivity index is 1.58. The highest BCUT2D eigenvalue weighted by atomic mass is 16.2. The Morgan fingerprint density at radius 1 is 1.12 bits per heavy atom. The van der Waals surface area contributed by atoms with Gasteiger partial charge >= 0.3 is 0 Å². The Morgan fingerprint density at radius 2 is 1.88 bits per heavy atom. The number of benzene rings is 2. The quantitative estimate of drug-likeness (QED) is 0.887. The number of hydrogen-bond acceptors (Lipinski definition) is 3. The summed E-state index contributed by atoms with van der Waals surface area (Å²) < 4.78 is 0. The van der Waals surface area contributed by atoms with Crippen molar-refractivity contribution >= 4 is 29.1 Å². The highest BCUT2D eigenvalue weighted by Crippen LogP contribution is 2.30. The second-order valence-electron chi connectivity index (χ2n) is 6.31. The van der Waals surface area contributed by atoms with Crippen molar-refractivity contribution in [1.29, 1.82) is 0 Å². The maximum Gasteiger partial charge on any atom is 0.251 e. The summed E-state index contributed by atoms with van der Waals surface area (Å²) in [6.45, 7) is 3.95. The van der Waals surface area contributed by atoms with Crippen molar-refractivity contribution in [2.45, 2.75) is 20.3 Å². The summed E-state index contributed by atoms with van der Waals surface area (Å²) in [5.74, 6) is -0.558. The zero-order valence-electron chi connectivity index (χ0n) is 14.8. The first kappa shape index (κ1) is 17.7. The Labute approximate surface area is 152 Å². The smallest absolute Gasteiger partial charge is 0.251 e. The van der Waals surface area contributed by atoms with E-state index < -0.39 is 0 Å². The lowest BCUT2D eigenvalue weighted by molar-refractivity contribution is -0.116. The highest BCUT2D eigenvalue weighted by Gasteiger charge is 2.22. The molecule has 1 aliphatic rings. The van der Waals surface area contributed by atoms with Gasteiger partial charge < -0.3 is 15.5 Å². The molecule has 0 atom stereocenters. The largest absolute Gasteiger partial charge is 0.343 e. The predicted molar refractivity (Wildman–Crippen MR) is 100 cm³/mol. The minimum atomic E-state index is -0.298. The number of fused-ring (bicyclic) bond motifs is 1. The Morgan fingerprint density at radius 3 is 2.62 bits per heavy atom. The fourth-order valence-electron chi connectivity index (χ4n) is 3.10. The summed E-state index contributed by atoms with van der Waals surface area (Å²) in [6.07, 6.45) is 0.767. The van der Waals surface area contributed by atoms with E-state index in [1.54, 1.807) is 30.0 Å². The highest BCUT2D eigenvalue weighted by molar-refractivity contribution is 6.00. The van der Waals surface area contributed by atoms with Crippen molar-refractivity contribution in [3.63, 3.8) is 0 Å². The van der Waals surface area contributed by atoms with Crippen molar-refractivity contribution in [3.8, 4) is 0 Å². The average molecular weight is 351 g/mol. The van der Waals surface area contributed by atoms with Crippen LogP contribution in [0.4, 0.5) is 11.4 Å². The van der Waals surface area contributed by atoms with E-state index in [1.165, 1.54) is 0 Å². The molecule has 2 N–H and O–H groups in total. The van der Waals surface area contributed by atoms with E-state index in [-0.39, 0.29) is 24.3 Å². The molecule has 1 aliphatic heterocycles. The molecule has 0 aromatic heterocycles. The molecular weight excluding hydrogens is 330 g/mol. The molecule has 6 nitrogen and oxygen atoms in total. The van der Waals surface area contributed by atoms with Crippen LogP contribution in [0.2, 0.25) is 0 Å². The molecule has 0 bridgehead atoms. The van der Waals surface area contributed by atoms with E-state index in [4.69, 9.17) is 0 Å². The minimum Gasteiger partial charge on any atom is -0.343 e. The van der Waals surface area contributed by atoms with Gasteiger partial charge in [-0.05, 0) is 48.7 Å². The van der Waals surface area contributed by atoms with Crippen molar-refractivity contribution in [1.82, 2.24) is 5.32 Å². The fraction of sp³-hybridized carbons (Fsp3) is 0.250. The summed E-state index contributed by atoms with van der Waals surface area (Å²) in [5.41, 5.74) is 4.00. The lowest BCUT2D eigenvalue weighted by atomic mass is 10.1. The molecule has 3 amide bonds. The maximum absolute atomic E-state index is 12.1. The SMILES string of the molecule is CC(=O)N1CCc2cc(NC(=O)CNC(=O)c3ccccc3C)ccc21. The Kier molecular flexibility index (Phi) is 5.02. The lowest BCUT2D eigenvalue weighted by Crippen LogP contribution is -2.33. The molecule has 2 aromatic carbocycles. The van der Waals surface area contributed by atoms with Crippen molar-refractivity contribution in [3.05, 3.63) is 59.2 Å². The molecule has 0 saturated carbocycles. The zero-order valence-corrected chi connectivity index (χ0v) is 14.8. The third kappa shape index (κ3) is 3.74. The maximum atomic E-state index is 12.1. The Bertz CT molecular complexity index is 876. The van der Waals surface area contributed by atoms with E-state index in [2.05, 4.69) is 10.6 Å². The normalized spacial score (nSPS) is 12.5. The molecule has 2 aromatic rings. The summed E-state index contributed by atoms with van der Waals surface area (Å²) >= 11 is 0. The Hall–Kier alpha value is -3.15. The summed E-state index contributed by atoms with van der Waals surface area (Å²) in [6, 6.07) is 12.7. The number of nitrogens with one attached hydrogen (secondary N) is 2. The van der Waals surface area contributed by atoms with Gasteiger partial charge in [0.25, 0.3) is 5.91 Å². The van der Waals surface area contributed by atoms with Crippen LogP contribution in [-0.2, 0) is 16.0 Å². The minimum absolute atomic E-state index is 0.0134. The lowest BCUT2D eigenvalue weighted by Gasteiger charge is -2.15. The molecule has 0 fully saturated rings. The molecular formula is C20H21N3O3. The molecule has 0 saturated heterocycles. The molecule has 26 heavy (non-hydrogen) atoms. The van der Waals surface area contributed by atoms with Gasteiger partial charge in [0.2, 0.25) is 11.8 Å². The number of hydrogen-bond donors (Lipinski definition) is 2. The molecule has 3 rings (SSSR count). The van der Waals surface area contributed by atoms with Crippen molar-refractivity contribution < 1.29 is 14.4 Å².